The summed E-state index contributed by atoms with van der Waals surface area (Å²) in [5, 5.41) is 11.3. The second-order valence-electron chi connectivity index (χ2n) is 7.32. The van der Waals surface area contributed by atoms with Gasteiger partial charge in [-0.2, -0.15) is 0 Å². The highest BCUT2D eigenvalue weighted by molar-refractivity contribution is 7.92. The summed E-state index contributed by atoms with van der Waals surface area (Å²) >= 11 is 0. The lowest BCUT2D eigenvalue weighted by molar-refractivity contribution is -0.384. The van der Waals surface area contributed by atoms with Crippen molar-refractivity contribution in [2.75, 3.05) is 29.1 Å². The van der Waals surface area contributed by atoms with Crippen molar-refractivity contribution < 1.29 is 22.9 Å². The standard InChI is InChI=1S/C21H25N3O6S/c1-4-17(21(25)22-13-7-9-15-8-5-6-10-18(15)22)23(31(3,28)29)19-14-16(24(26)27)11-12-20(19)30-2/h5-6,8,10-12,14,17H,4,7,9,13H2,1-3H3/t17-/m0/s1. The molecule has 0 saturated carbocycles. The first kappa shape index (κ1) is 22.5. The Hall–Kier alpha value is -3.14. The highest BCUT2D eigenvalue weighted by Crippen LogP contribution is 2.37. The lowest BCUT2D eigenvalue weighted by atomic mass is 10.0. The molecule has 3 rings (SSSR count). The number of rotatable bonds is 7. The van der Waals surface area contributed by atoms with Crippen molar-refractivity contribution in [1.29, 1.82) is 0 Å². The van der Waals surface area contributed by atoms with Gasteiger partial charge < -0.3 is 9.64 Å². The van der Waals surface area contributed by atoms with E-state index >= 15 is 0 Å². The Labute approximate surface area is 181 Å². The summed E-state index contributed by atoms with van der Waals surface area (Å²) in [5.74, 6) is -0.255. The zero-order valence-electron chi connectivity index (χ0n) is 17.6. The van der Waals surface area contributed by atoms with Gasteiger partial charge in [-0.3, -0.25) is 19.2 Å². The van der Waals surface area contributed by atoms with Gasteiger partial charge in [-0.15, -0.1) is 0 Å². The number of carbonyl (C=O) groups excluding carboxylic acids is 1. The molecule has 1 atom stereocenters. The Bertz CT molecular complexity index is 1100. The van der Waals surface area contributed by atoms with Gasteiger partial charge in [0.05, 0.1) is 18.3 Å². The number of hydrogen-bond acceptors (Lipinski definition) is 6. The summed E-state index contributed by atoms with van der Waals surface area (Å²) < 4.78 is 31.9. The molecule has 2 aromatic carbocycles. The summed E-state index contributed by atoms with van der Waals surface area (Å²) in [5.41, 5.74) is 1.45. The van der Waals surface area contributed by atoms with Crippen molar-refractivity contribution in [3.05, 3.63) is 58.1 Å². The third-order valence-electron chi connectivity index (χ3n) is 5.30. The minimum atomic E-state index is -3.98. The number of fused-ring (bicyclic) bond motifs is 1. The molecule has 1 aliphatic heterocycles. The lowest BCUT2D eigenvalue weighted by Gasteiger charge is -2.36. The van der Waals surface area contributed by atoms with Gasteiger partial charge in [0.1, 0.15) is 17.5 Å². The van der Waals surface area contributed by atoms with Crippen molar-refractivity contribution >= 4 is 33.0 Å². The molecule has 1 aliphatic rings. The zero-order valence-corrected chi connectivity index (χ0v) is 18.5. The Morgan fingerprint density at radius 1 is 1.29 bits per heavy atom. The first-order valence-corrected chi connectivity index (χ1v) is 11.7. The van der Waals surface area contributed by atoms with Crippen LogP contribution in [0.25, 0.3) is 0 Å². The summed E-state index contributed by atoms with van der Waals surface area (Å²) in [6, 6.07) is 10.1. The minimum absolute atomic E-state index is 0.0373. The molecule has 0 radical (unpaired) electrons. The van der Waals surface area contributed by atoms with Crippen LogP contribution in [-0.2, 0) is 21.2 Å². The van der Waals surface area contributed by atoms with Crippen molar-refractivity contribution in [2.24, 2.45) is 0 Å². The fraction of sp³-hybridized carbons (Fsp3) is 0.381. The molecular formula is C21H25N3O6S. The van der Waals surface area contributed by atoms with E-state index in [1.54, 1.807) is 11.8 Å². The highest BCUT2D eigenvalue weighted by Gasteiger charge is 2.38. The van der Waals surface area contributed by atoms with Gasteiger partial charge in [0.25, 0.3) is 11.6 Å². The maximum atomic E-state index is 13.6. The van der Waals surface area contributed by atoms with Crippen LogP contribution in [0.1, 0.15) is 25.3 Å². The number of methoxy groups -OCH3 is 1. The third kappa shape index (κ3) is 4.48. The SMILES string of the molecule is CC[C@@H](C(=O)N1CCCc2ccccc21)N(c1cc([N+](=O)[O-])ccc1OC)S(C)(=O)=O. The molecule has 166 valence electrons. The number of non-ortho nitro benzene ring substituents is 1. The van der Waals surface area contributed by atoms with E-state index in [4.69, 9.17) is 4.74 Å². The molecule has 9 nitrogen and oxygen atoms in total. The van der Waals surface area contributed by atoms with Gasteiger partial charge in [-0.05, 0) is 37.0 Å². The summed E-state index contributed by atoms with van der Waals surface area (Å²) in [6.07, 6.45) is 2.76. The fourth-order valence-corrected chi connectivity index (χ4v) is 5.13. The van der Waals surface area contributed by atoms with E-state index in [0.717, 1.165) is 40.7 Å². The van der Waals surface area contributed by atoms with E-state index < -0.39 is 21.0 Å². The van der Waals surface area contributed by atoms with E-state index in [9.17, 15) is 23.3 Å². The molecule has 0 unspecified atom stereocenters. The topological polar surface area (TPSA) is 110 Å². The minimum Gasteiger partial charge on any atom is -0.495 e. The molecule has 1 amide bonds. The lowest BCUT2D eigenvalue weighted by Crippen LogP contribution is -2.52. The van der Waals surface area contributed by atoms with Crippen molar-refractivity contribution in [2.45, 2.75) is 32.2 Å². The zero-order chi connectivity index (χ0) is 22.8. The molecular weight excluding hydrogens is 422 g/mol. The van der Waals surface area contributed by atoms with E-state index in [-0.39, 0.29) is 29.5 Å². The van der Waals surface area contributed by atoms with Crippen LogP contribution >= 0.6 is 0 Å². The van der Waals surface area contributed by atoms with Crippen molar-refractivity contribution in [1.82, 2.24) is 0 Å². The number of benzene rings is 2. The molecule has 0 bridgehead atoms. The van der Waals surface area contributed by atoms with Crippen molar-refractivity contribution in [3.8, 4) is 5.75 Å². The molecule has 10 heteroatoms. The van der Waals surface area contributed by atoms with Crippen LogP contribution in [0.5, 0.6) is 5.75 Å². The third-order valence-corrected chi connectivity index (χ3v) is 6.46. The number of amides is 1. The smallest absolute Gasteiger partial charge is 0.271 e. The number of carbonyl (C=O) groups is 1. The van der Waals surface area contributed by atoms with Crippen LogP contribution in [0.15, 0.2) is 42.5 Å². The number of para-hydroxylation sites is 1. The van der Waals surface area contributed by atoms with Gasteiger partial charge in [0.15, 0.2) is 0 Å². The number of hydrogen-bond donors (Lipinski definition) is 0. The van der Waals surface area contributed by atoms with E-state index in [1.165, 1.54) is 19.2 Å². The predicted molar refractivity (Wildman–Crippen MR) is 118 cm³/mol. The second-order valence-corrected chi connectivity index (χ2v) is 9.18. The number of nitrogens with zero attached hydrogens (tertiary/aromatic N) is 3. The number of ether oxygens (including phenoxy) is 1. The predicted octanol–water partition coefficient (Wildman–Crippen LogP) is 3.13. The van der Waals surface area contributed by atoms with Crippen LogP contribution in [-0.4, -0.2) is 45.2 Å². The van der Waals surface area contributed by atoms with Gasteiger partial charge in [-0.1, -0.05) is 25.1 Å². The van der Waals surface area contributed by atoms with Crippen LogP contribution in [0.4, 0.5) is 17.1 Å². The molecule has 0 N–H and O–H groups in total. The Kier molecular flexibility index (Phi) is 6.49. The molecule has 0 saturated heterocycles. The van der Waals surface area contributed by atoms with E-state index in [2.05, 4.69) is 0 Å². The molecule has 2 aromatic rings. The average molecular weight is 448 g/mol. The molecule has 1 heterocycles. The molecule has 31 heavy (non-hydrogen) atoms. The molecule has 0 spiro atoms. The number of anilines is 2. The maximum Gasteiger partial charge on any atom is 0.271 e. The quantitative estimate of drug-likeness (QED) is 0.476. The van der Waals surface area contributed by atoms with E-state index in [1.807, 2.05) is 24.3 Å². The second kappa shape index (κ2) is 8.93. The van der Waals surface area contributed by atoms with Gasteiger partial charge in [0, 0.05) is 24.4 Å². The van der Waals surface area contributed by atoms with E-state index in [0.29, 0.717) is 6.54 Å². The van der Waals surface area contributed by atoms with Gasteiger partial charge in [0.2, 0.25) is 10.0 Å². The molecule has 0 fully saturated rings. The van der Waals surface area contributed by atoms with Crippen molar-refractivity contribution in [3.63, 3.8) is 0 Å². The summed E-state index contributed by atoms with van der Waals surface area (Å²) in [7, 11) is -2.64. The number of aryl methyl sites for hydroxylation is 1. The first-order chi connectivity index (χ1) is 14.7. The summed E-state index contributed by atoms with van der Waals surface area (Å²) in [4.78, 5) is 25.9. The molecule has 0 aliphatic carbocycles. The number of sulfonamides is 1. The number of nitro benzene ring substituents is 1. The van der Waals surface area contributed by atoms with Crippen LogP contribution in [0, 0.1) is 10.1 Å². The Balaban J connectivity index is 2.12. The maximum absolute atomic E-state index is 13.6. The average Bonchev–Trinajstić information content (AvgIpc) is 2.75. The van der Waals surface area contributed by atoms with Crippen LogP contribution in [0.3, 0.4) is 0 Å². The molecule has 0 aromatic heterocycles. The van der Waals surface area contributed by atoms with Crippen LogP contribution in [0.2, 0.25) is 0 Å². The monoisotopic (exact) mass is 447 g/mol. The number of nitro groups is 1. The fourth-order valence-electron chi connectivity index (χ4n) is 3.93. The van der Waals surface area contributed by atoms with Gasteiger partial charge >= 0.3 is 0 Å². The largest absolute Gasteiger partial charge is 0.495 e. The normalized spacial score (nSPS) is 14.5. The Morgan fingerprint density at radius 2 is 2.00 bits per heavy atom. The van der Waals surface area contributed by atoms with Crippen LogP contribution < -0.4 is 13.9 Å². The first-order valence-electron chi connectivity index (χ1n) is 9.90. The highest BCUT2D eigenvalue weighted by atomic mass is 32.2. The summed E-state index contributed by atoms with van der Waals surface area (Å²) in [6.45, 7) is 2.18. The van der Waals surface area contributed by atoms with Gasteiger partial charge in [-0.25, -0.2) is 8.42 Å². The Morgan fingerprint density at radius 3 is 2.61 bits per heavy atom.